The first-order valence-electron chi connectivity index (χ1n) is 5.99. The summed E-state index contributed by atoms with van der Waals surface area (Å²) in [5.41, 5.74) is 10.6. The Morgan fingerprint density at radius 3 is 2.83 bits per heavy atom. The Bertz CT molecular complexity index is 402. The maximum atomic E-state index is 10.6. The number of hydrogen-bond donors (Lipinski definition) is 2. The van der Waals surface area contributed by atoms with Crippen LogP contribution in [0.5, 0.6) is 0 Å². The molecule has 6 nitrogen and oxygen atoms in total. The molecule has 0 atom stereocenters. The van der Waals surface area contributed by atoms with Crippen LogP contribution in [-0.4, -0.2) is 35.2 Å². The predicted molar refractivity (Wildman–Crippen MR) is 69.0 cm³/mol. The molecule has 2 heterocycles. The molecule has 2 rings (SSSR count). The average Bonchev–Trinajstić information content (AvgIpc) is 2.79. The Kier molecular flexibility index (Phi) is 4.51. The van der Waals surface area contributed by atoms with Crippen LogP contribution in [0.1, 0.15) is 22.7 Å². The summed E-state index contributed by atoms with van der Waals surface area (Å²) >= 11 is 1.65. The minimum atomic E-state index is -0.680. The van der Waals surface area contributed by atoms with E-state index in [0.717, 1.165) is 42.4 Å². The predicted octanol–water partition coefficient (Wildman–Crippen LogP) is 0.661. The van der Waals surface area contributed by atoms with Gasteiger partial charge in [-0.1, -0.05) is 0 Å². The molecule has 0 saturated carbocycles. The third kappa shape index (κ3) is 3.66. The van der Waals surface area contributed by atoms with Crippen LogP contribution in [0.25, 0.3) is 0 Å². The largest absolute Gasteiger partial charge is 0.446 e. The van der Waals surface area contributed by atoms with E-state index in [4.69, 9.17) is 16.2 Å². The number of rotatable bonds is 4. The monoisotopic (exact) mass is 270 g/mol. The van der Waals surface area contributed by atoms with Crippen LogP contribution in [0.3, 0.4) is 0 Å². The molecule has 0 spiro atoms. The van der Waals surface area contributed by atoms with Crippen LogP contribution in [0.15, 0.2) is 6.20 Å². The highest BCUT2D eigenvalue weighted by molar-refractivity contribution is 7.11. The van der Waals surface area contributed by atoms with Gasteiger partial charge in [-0.2, -0.15) is 0 Å². The fraction of sp³-hybridized carbons (Fsp3) is 0.636. The molecule has 100 valence electrons. The van der Waals surface area contributed by atoms with Gasteiger partial charge < -0.3 is 16.2 Å². The van der Waals surface area contributed by atoms with E-state index < -0.39 is 6.09 Å². The van der Waals surface area contributed by atoms with Gasteiger partial charge in [0.25, 0.3) is 0 Å². The third-order valence-electron chi connectivity index (χ3n) is 2.98. The number of amides is 1. The first-order chi connectivity index (χ1) is 8.67. The van der Waals surface area contributed by atoms with Crippen LogP contribution in [0, 0.1) is 0 Å². The number of nitrogens with zero attached hydrogens (tertiary/aromatic N) is 2. The second-order valence-electron chi connectivity index (χ2n) is 4.34. The molecule has 0 aromatic carbocycles. The van der Waals surface area contributed by atoms with Crippen molar-refractivity contribution in [3.8, 4) is 0 Å². The van der Waals surface area contributed by atoms with Crippen LogP contribution in [-0.2, 0) is 17.8 Å². The number of aromatic nitrogens is 1. The first kappa shape index (κ1) is 13.3. The summed E-state index contributed by atoms with van der Waals surface area (Å²) in [5.74, 6) is 0. The van der Waals surface area contributed by atoms with E-state index in [1.807, 2.05) is 6.20 Å². The quantitative estimate of drug-likeness (QED) is 0.838. The number of piperidine rings is 1. The number of thiazole rings is 1. The Hall–Kier alpha value is -1.18. The lowest BCUT2D eigenvalue weighted by Gasteiger charge is -2.30. The van der Waals surface area contributed by atoms with Crippen LogP contribution < -0.4 is 11.5 Å². The van der Waals surface area contributed by atoms with E-state index in [9.17, 15) is 4.79 Å². The van der Waals surface area contributed by atoms with E-state index in [2.05, 4.69) is 9.88 Å². The summed E-state index contributed by atoms with van der Waals surface area (Å²) < 4.78 is 4.99. The van der Waals surface area contributed by atoms with E-state index in [0.29, 0.717) is 6.54 Å². The Morgan fingerprint density at radius 2 is 2.28 bits per heavy atom. The molecule has 1 saturated heterocycles. The van der Waals surface area contributed by atoms with Crippen molar-refractivity contribution in [3.63, 3.8) is 0 Å². The summed E-state index contributed by atoms with van der Waals surface area (Å²) in [7, 11) is 0. The van der Waals surface area contributed by atoms with Gasteiger partial charge in [0.2, 0.25) is 0 Å². The van der Waals surface area contributed by atoms with Gasteiger partial charge in [0.1, 0.15) is 11.1 Å². The zero-order chi connectivity index (χ0) is 13.0. The Labute approximate surface area is 110 Å². The molecule has 4 N–H and O–H groups in total. The SMILES string of the molecule is NCc1cnc(CN2CCC(OC(N)=O)CC2)s1. The van der Waals surface area contributed by atoms with Crippen molar-refractivity contribution < 1.29 is 9.53 Å². The van der Waals surface area contributed by atoms with E-state index >= 15 is 0 Å². The molecule has 1 aromatic rings. The van der Waals surface area contributed by atoms with Gasteiger partial charge >= 0.3 is 6.09 Å². The standard InChI is InChI=1S/C11H18N4O2S/c12-5-9-6-14-10(18-9)7-15-3-1-8(2-4-15)17-11(13)16/h6,8H,1-5,7,12H2,(H2,13,16). The zero-order valence-corrected chi connectivity index (χ0v) is 11.0. The average molecular weight is 270 g/mol. The van der Waals surface area contributed by atoms with Gasteiger partial charge in [0.15, 0.2) is 0 Å². The van der Waals surface area contributed by atoms with E-state index in [1.54, 1.807) is 11.3 Å². The molecule has 0 radical (unpaired) electrons. The lowest BCUT2D eigenvalue weighted by atomic mass is 10.1. The molecule has 1 aromatic heterocycles. The molecular weight excluding hydrogens is 252 g/mol. The smallest absolute Gasteiger partial charge is 0.404 e. The van der Waals surface area contributed by atoms with Gasteiger partial charge in [-0.15, -0.1) is 11.3 Å². The summed E-state index contributed by atoms with van der Waals surface area (Å²) in [6.07, 6.45) is 2.79. The van der Waals surface area contributed by atoms with E-state index in [1.165, 1.54) is 0 Å². The Balaban J connectivity index is 1.78. The molecular formula is C11H18N4O2S. The van der Waals surface area contributed by atoms with E-state index in [-0.39, 0.29) is 6.10 Å². The number of carbonyl (C=O) groups is 1. The van der Waals surface area contributed by atoms with Crippen LogP contribution in [0.2, 0.25) is 0 Å². The van der Waals surface area contributed by atoms with Crippen LogP contribution >= 0.6 is 11.3 Å². The summed E-state index contributed by atoms with van der Waals surface area (Å²) in [5, 5.41) is 1.09. The highest BCUT2D eigenvalue weighted by Gasteiger charge is 2.22. The van der Waals surface area contributed by atoms with Gasteiger partial charge in [-0.05, 0) is 12.8 Å². The minimum Gasteiger partial charge on any atom is -0.446 e. The minimum absolute atomic E-state index is 0.0327. The maximum Gasteiger partial charge on any atom is 0.404 e. The van der Waals surface area contributed by atoms with Crippen molar-refractivity contribution in [1.29, 1.82) is 0 Å². The molecule has 1 fully saturated rings. The van der Waals surface area contributed by atoms with Crippen LogP contribution in [0.4, 0.5) is 4.79 Å². The summed E-state index contributed by atoms with van der Waals surface area (Å²) in [6, 6.07) is 0. The molecule has 0 unspecified atom stereocenters. The molecule has 1 amide bonds. The fourth-order valence-corrected chi connectivity index (χ4v) is 2.90. The topological polar surface area (TPSA) is 94.5 Å². The van der Waals surface area contributed by atoms with Gasteiger partial charge in [-0.25, -0.2) is 9.78 Å². The lowest BCUT2D eigenvalue weighted by molar-refractivity contribution is 0.0541. The summed E-state index contributed by atoms with van der Waals surface area (Å²) in [6.45, 7) is 3.19. The fourth-order valence-electron chi connectivity index (χ4n) is 2.06. The Morgan fingerprint density at radius 1 is 1.56 bits per heavy atom. The van der Waals surface area contributed by atoms with Crippen molar-refractivity contribution in [3.05, 3.63) is 16.1 Å². The number of nitrogens with two attached hydrogens (primary N) is 2. The number of primary amides is 1. The molecule has 0 bridgehead atoms. The number of ether oxygens (including phenoxy) is 1. The number of carbonyl (C=O) groups excluding carboxylic acids is 1. The first-order valence-corrected chi connectivity index (χ1v) is 6.81. The molecule has 7 heteroatoms. The zero-order valence-electron chi connectivity index (χ0n) is 10.2. The molecule has 1 aliphatic rings. The summed E-state index contributed by atoms with van der Waals surface area (Å²) in [4.78, 5) is 18.4. The van der Waals surface area contributed by atoms with Crippen molar-refractivity contribution in [2.75, 3.05) is 13.1 Å². The van der Waals surface area contributed by atoms with Crippen molar-refractivity contribution >= 4 is 17.4 Å². The van der Waals surface area contributed by atoms with Gasteiger partial charge in [-0.3, -0.25) is 4.90 Å². The lowest BCUT2D eigenvalue weighted by Crippen LogP contribution is -2.38. The molecule has 1 aliphatic heterocycles. The second-order valence-corrected chi connectivity index (χ2v) is 5.54. The number of likely N-dealkylation sites (tertiary alicyclic amines) is 1. The third-order valence-corrected chi connectivity index (χ3v) is 3.98. The highest BCUT2D eigenvalue weighted by Crippen LogP contribution is 2.19. The highest BCUT2D eigenvalue weighted by atomic mass is 32.1. The second kappa shape index (κ2) is 6.12. The normalized spacial score (nSPS) is 17.8. The van der Waals surface area contributed by atoms with Crippen molar-refractivity contribution in [2.45, 2.75) is 32.0 Å². The van der Waals surface area contributed by atoms with Gasteiger partial charge in [0, 0.05) is 30.7 Å². The van der Waals surface area contributed by atoms with Crippen molar-refractivity contribution in [2.24, 2.45) is 11.5 Å². The van der Waals surface area contributed by atoms with Crippen molar-refractivity contribution in [1.82, 2.24) is 9.88 Å². The maximum absolute atomic E-state index is 10.6. The van der Waals surface area contributed by atoms with Gasteiger partial charge in [0.05, 0.1) is 6.54 Å². The molecule has 18 heavy (non-hydrogen) atoms. The molecule has 0 aliphatic carbocycles. The number of hydrogen-bond acceptors (Lipinski definition) is 6.